The molecule has 1 aliphatic carbocycles. The average molecular weight is 348 g/mol. The summed E-state index contributed by atoms with van der Waals surface area (Å²) in [6.45, 7) is 0. The highest BCUT2D eigenvalue weighted by Crippen LogP contribution is 2.44. The first-order valence-electron chi connectivity index (χ1n) is 9.33. The topological polar surface area (TPSA) is 38.9 Å². The van der Waals surface area contributed by atoms with Crippen LogP contribution in [0, 0.1) is 0 Å². The van der Waals surface area contributed by atoms with Crippen molar-refractivity contribution in [3.63, 3.8) is 0 Å². The Morgan fingerprint density at radius 1 is 0.778 bits per heavy atom. The van der Waals surface area contributed by atoms with Crippen molar-refractivity contribution in [3.05, 3.63) is 90.3 Å². The SMILES string of the molecule is Nc1ccc(-c2c3c(c(-c4cccnc4)c4ccccc24)CCC=C3)cc1. The molecule has 130 valence electrons. The molecule has 2 N–H and O–H groups in total. The molecular formula is C25H20N2. The van der Waals surface area contributed by atoms with Crippen LogP contribution in [-0.2, 0) is 6.42 Å². The smallest absolute Gasteiger partial charge is 0.0346 e. The molecule has 1 aliphatic rings. The van der Waals surface area contributed by atoms with E-state index in [-0.39, 0.29) is 0 Å². The van der Waals surface area contributed by atoms with Crippen LogP contribution >= 0.6 is 0 Å². The van der Waals surface area contributed by atoms with Crippen molar-refractivity contribution in [1.29, 1.82) is 0 Å². The highest BCUT2D eigenvalue weighted by atomic mass is 14.6. The van der Waals surface area contributed by atoms with Crippen molar-refractivity contribution in [2.75, 3.05) is 5.73 Å². The third kappa shape index (κ3) is 2.61. The minimum atomic E-state index is 0.791. The monoisotopic (exact) mass is 348 g/mol. The molecule has 5 rings (SSSR count). The Morgan fingerprint density at radius 3 is 2.30 bits per heavy atom. The molecule has 4 aromatic rings. The Hall–Kier alpha value is -3.39. The molecule has 0 atom stereocenters. The van der Waals surface area contributed by atoms with Crippen molar-refractivity contribution in [2.45, 2.75) is 12.8 Å². The van der Waals surface area contributed by atoms with Crippen LogP contribution in [0.3, 0.4) is 0 Å². The zero-order chi connectivity index (χ0) is 18.2. The van der Waals surface area contributed by atoms with Gasteiger partial charge >= 0.3 is 0 Å². The molecule has 27 heavy (non-hydrogen) atoms. The van der Waals surface area contributed by atoms with Crippen LogP contribution in [0.25, 0.3) is 39.1 Å². The lowest BCUT2D eigenvalue weighted by molar-refractivity contribution is 0.991. The van der Waals surface area contributed by atoms with Crippen LogP contribution in [0.2, 0.25) is 0 Å². The summed E-state index contributed by atoms with van der Waals surface area (Å²) in [6, 6.07) is 21.1. The molecule has 2 nitrogen and oxygen atoms in total. The number of nitrogen functional groups attached to an aromatic ring is 1. The maximum Gasteiger partial charge on any atom is 0.0346 e. The number of allylic oxidation sites excluding steroid dienone is 1. The number of hydrogen-bond donors (Lipinski definition) is 1. The molecule has 2 heteroatoms. The Morgan fingerprint density at radius 2 is 1.56 bits per heavy atom. The van der Waals surface area contributed by atoms with Gasteiger partial charge in [0.2, 0.25) is 0 Å². The largest absolute Gasteiger partial charge is 0.399 e. The molecular weight excluding hydrogens is 328 g/mol. The lowest BCUT2D eigenvalue weighted by Gasteiger charge is -2.23. The Kier molecular flexibility index (Phi) is 3.75. The number of nitrogens with zero attached hydrogens (tertiary/aromatic N) is 1. The number of pyridine rings is 1. The summed E-state index contributed by atoms with van der Waals surface area (Å²) in [7, 11) is 0. The lowest BCUT2D eigenvalue weighted by atomic mass is 9.80. The van der Waals surface area contributed by atoms with Gasteiger partial charge in [-0.1, -0.05) is 54.6 Å². The zero-order valence-corrected chi connectivity index (χ0v) is 15.0. The first-order valence-corrected chi connectivity index (χ1v) is 9.33. The zero-order valence-electron chi connectivity index (χ0n) is 15.0. The van der Waals surface area contributed by atoms with E-state index in [4.69, 9.17) is 5.73 Å². The third-order valence-corrected chi connectivity index (χ3v) is 5.36. The number of aromatic nitrogens is 1. The van der Waals surface area contributed by atoms with Crippen molar-refractivity contribution < 1.29 is 0 Å². The number of nitrogens with two attached hydrogens (primary N) is 1. The van der Waals surface area contributed by atoms with Crippen LogP contribution in [0.1, 0.15) is 17.5 Å². The number of benzene rings is 3. The van der Waals surface area contributed by atoms with E-state index in [0.29, 0.717) is 0 Å². The number of anilines is 1. The highest BCUT2D eigenvalue weighted by Gasteiger charge is 2.21. The fourth-order valence-electron chi connectivity index (χ4n) is 4.19. The van der Waals surface area contributed by atoms with Gasteiger partial charge in [-0.15, -0.1) is 0 Å². The molecule has 0 radical (unpaired) electrons. The molecule has 0 aliphatic heterocycles. The summed E-state index contributed by atoms with van der Waals surface area (Å²) in [6.07, 6.45) is 10.5. The summed E-state index contributed by atoms with van der Waals surface area (Å²) in [5.41, 5.74) is 14.5. The van der Waals surface area contributed by atoms with Gasteiger partial charge in [0.05, 0.1) is 0 Å². The summed E-state index contributed by atoms with van der Waals surface area (Å²) < 4.78 is 0. The van der Waals surface area contributed by atoms with Gasteiger partial charge in [0, 0.05) is 23.6 Å². The molecule has 0 bridgehead atoms. The fraction of sp³-hybridized carbons (Fsp3) is 0.0800. The number of rotatable bonds is 2. The van der Waals surface area contributed by atoms with Crippen molar-refractivity contribution in [3.8, 4) is 22.3 Å². The molecule has 3 aromatic carbocycles. The van der Waals surface area contributed by atoms with E-state index in [9.17, 15) is 0 Å². The molecule has 0 saturated carbocycles. The maximum atomic E-state index is 5.93. The predicted molar refractivity (Wildman–Crippen MR) is 114 cm³/mol. The Bertz CT molecular complexity index is 1160. The summed E-state index contributed by atoms with van der Waals surface area (Å²) in [4.78, 5) is 4.38. The quantitative estimate of drug-likeness (QED) is 0.444. The fourth-order valence-corrected chi connectivity index (χ4v) is 4.19. The van der Waals surface area contributed by atoms with Crippen molar-refractivity contribution in [2.24, 2.45) is 0 Å². The molecule has 0 spiro atoms. The van der Waals surface area contributed by atoms with Crippen LogP contribution in [-0.4, -0.2) is 4.98 Å². The van der Waals surface area contributed by atoms with Gasteiger partial charge in [-0.3, -0.25) is 4.98 Å². The van der Waals surface area contributed by atoms with Gasteiger partial charge in [-0.25, -0.2) is 0 Å². The molecule has 0 unspecified atom stereocenters. The molecule has 1 heterocycles. The van der Waals surface area contributed by atoms with Crippen molar-refractivity contribution in [1.82, 2.24) is 4.98 Å². The number of fused-ring (bicyclic) bond motifs is 2. The molecule has 1 aromatic heterocycles. The second kappa shape index (κ2) is 6.40. The minimum Gasteiger partial charge on any atom is -0.399 e. The minimum absolute atomic E-state index is 0.791. The van der Waals surface area contributed by atoms with Crippen LogP contribution in [0.15, 0.2) is 79.1 Å². The van der Waals surface area contributed by atoms with E-state index in [1.165, 1.54) is 44.2 Å². The Labute approximate surface area is 159 Å². The van der Waals surface area contributed by atoms with E-state index in [1.807, 2.05) is 30.6 Å². The second-order valence-electron chi connectivity index (χ2n) is 6.99. The summed E-state index contributed by atoms with van der Waals surface area (Å²) in [5.74, 6) is 0. The van der Waals surface area contributed by atoms with Gasteiger partial charge in [0.25, 0.3) is 0 Å². The molecule has 0 amide bonds. The standard InChI is InChI=1S/C25H20N2/c26-19-13-11-17(12-14-19)24-20-7-1-3-9-22(20)25(18-6-5-15-27-16-18)23-10-4-2-8-21(23)24/h1-3,5-9,11-16H,4,10,26H2. The van der Waals surface area contributed by atoms with Gasteiger partial charge in [-0.05, 0) is 69.6 Å². The summed E-state index contributed by atoms with van der Waals surface area (Å²) >= 11 is 0. The number of hydrogen-bond acceptors (Lipinski definition) is 2. The summed E-state index contributed by atoms with van der Waals surface area (Å²) in [5, 5.41) is 2.55. The molecule has 0 fully saturated rings. The lowest BCUT2D eigenvalue weighted by Crippen LogP contribution is -2.02. The Balaban J connectivity index is 1.93. The average Bonchev–Trinajstić information content (AvgIpc) is 2.73. The third-order valence-electron chi connectivity index (χ3n) is 5.36. The van der Waals surface area contributed by atoms with Crippen LogP contribution < -0.4 is 5.73 Å². The van der Waals surface area contributed by atoms with Gasteiger partial charge in [0.1, 0.15) is 0 Å². The normalized spacial score (nSPS) is 12.9. The van der Waals surface area contributed by atoms with E-state index in [1.54, 1.807) is 0 Å². The first-order chi connectivity index (χ1) is 13.3. The highest BCUT2D eigenvalue weighted by molar-refractivity contribution is 6.10. The van der Waals surface area contributed by atoms with E-state index in [0.717, 1.165) is 18.5 Å². The van der Waals surface area contributed by atoms with Gasteiger partial charge in [-0.2, -0.15) is 0 Å². The van der Waals surface area contributed by atoms with E-state index in [2.05, 4.69) is 59.6 Å². The predicted octanol–water partition coefficient (Wildman–Crippen LogP) is 6.11. The van der Waals surface area contributed by atoms with Gasteiger partial charge < -0.3 is 5.73 Å². The van der Waals surface area contributed by atoms with Crippen LogP contribution in [0.4, 0.5) is 5.69 Å². The van der Waals surface area contributed by atoms with E-state index >= 15 is 0 Å². The molecule has 0 saturated heterocycles. The maximum absolute atomic E-state index is 5.93. The van der Waals surface area contributed by atoms with Gasteiger partial charge in [0.15, 0.2) is 0 Å². The van der Waals surface area contributed by atoms with Crippen molar-refractivity contribution >= 4 is 22.5 Å². The first kappa shape index (κ1) is 15.8. The van der Waals surface area contributed by atoms with Crippen LogP contribution in [0.5, 0.6) is 0 Å². The second-order valence-corrected chi connectivity index (χ2v) is 6.99. The van der Waals surface area contributed by atoms with E-state index < -0.39 is 0 Å².